The molecule has 0 aromatic rings. The van der Waals surface area contributed by atoms with E-state index in [4.69, 9.17) is 18.0 Å². The zero-order chi connectivity index (χ0) is 32.0. The van der Waals surface area contributed by atoms with Gasteiger partial charge in [-0.1, -0.05) is 77.2 Å². The van der Waals surface area contributed by atoms with E-state index in [1.165, 1.54) is 50.5 Å². The fourth-order valence-electron chi connectivity index (χ4n) is 9.78. The van der Waals surface area contributed by atoms with Crippen molar-refractivity contribution in [1.29, 1.82) is 0 Å². The number of rotatable bonds is 16. The summed E-state index contributed by atoms with van der Waals surface area (Å²) in [5.41, 5.74) is 3.91. The van der Waals surface area contributed by atoms with Crippen LogP contribution in [0.25, 0.3) is 0 Å². The van der Waals surface area contributed by atoms with E-state index >= 15 is 0 Å². The van der Waals surface area contributed by atoms with Gasteiger partial charge < -0.3 is 23.3 Å². The van der Waals surface area contributed by atoms with Gasteiger partial charge in [0, 0.05) is 38.8 Å². The minimum Gasteiger partial charge on any atom is -0.446 e. The van der Waals surface area contributed by atoms with Crippen molar-refractivity contribution in [2.24, 2.45) is 40.4 Å². The third kappa shape index (κ3) is 7.86. The van der Waals surface area contributed by atoms with Crippen LogP contribution in [0, 0.1) is 40.4 Å². The van der Waals surface area contributed by atoms with Crippen molar-refractivity contribution in [3.63, 3.8) is 0 Å². The van der Waals surface area contributed by atoms with E-state index in [1.54, 1.807) is 5.57 Å². The van der Waals surface area contributed by atoms with E-state index in [1.807, 2.05) is 20.8 Å². The van der Waals surface area contributed by atoms with Crippen LogP contribution in [-0.2, 0) is 18.0 Å². The molecule has 0 spiro atoms. The highest BCUT2D eigenvalue weighted by molar-refractivity contribution is 6.60. The lowest BCUT2D eigenvalue weighted by Gasteiger charge is -2.55. The molecule has 0 aliphatic heterocycles. The van der Waals surface area contributed by atoms with Crippen molar-refractivity contribution < 1.29 is 22.8 Å². The van der Waals surface area contributed by atoms with Gasteiger partial charge in [-0.3, -0.25) is 0 Å². The smallest absolute Gasteiger partial charge is 0.446 e. The van der Waals surface area contributed by atoms with Crippen LogP contribution < -0.4 is 5.32 Å². The number of ether oxygens (including phenoxy) is 1. The first-order valence-electron chi connectivity index (χ1n) is 18.3. The highest BCUT2D eigenvalue weighted by Crippen LogP contribution is 2.66. The molecule has 6 nitrogen and oxygen atoms in total. The van der Waals surface area contributed by atoms with Gasteiger partial charge in [-0.15, -0.1) is 0 Å². The first-order valence-corrected chi connectivity index (χ1v) is 20.2. The number of alkyl carbamates (subject to hydrolysis) is 1. The highest BCUT2D eigenvalue weighted by atomic mass is 28.4. The van der Waals surface area contributed by atoms with Crippen molar-refractivity contribution in [2.75, 3.05) is 26.4 Å². The number of allylic oxidation sites excluding steroid dienone is 3. The van der Waals surface area contributed by atoms with Crippen molar-refractivity contribution in [1.82, 2.24) is 5.32 Å². The van der Waals surface area contributed by atoms with E-state index < -0.39 is 8.80 Å². The Bertz CT molecular complexity index is 995. The molecule has 1 N–H and O–H groups in total. The maximum atomic E-state index is 12.8. The third-order valence-electron chi connectivity index (χ3n) is 12.0. The number of carbonyl (C=O) groups excluding carboxylic acids is 1. The van der Waals surface area contributed by atoms with E-state index in [9.17, 15) is 4.79 Å². The molecule has 0 unspecified atom stereocenters. The van der Waals surface area contributed by atoms with Gasteiger partial charge in [0.2, 0.25) is 0 Å². The molecule has 44 heavy (non-hydrogen) atoms. The van der Waals surface area contributed by atoms with Gasteiger partial charge in [0.05, 0.1) is 0 Å². The van der Waals surface area contributed by atoms with E-state index in [2.05, 4.69) is 52.1 Å². The van der Waals surface area contributed by atoms with Gasteiger partial charge in [-0.05, 0) is 106 Å². The molecule has 7 atom stereocenters. The zero-order valence-electron chi connectivity index (χ0n) is 29.5. The van der Waals surface area contributed by atoms with Crippen LogP contribution in [0.4, 0.5) is 4.79 Å². The molecule has 3 fully saturated rings. The van der Waals surface area contributed by atoms with Gasteiger partial charge in [0.25, 0.3) is 0 Å². The van der Waals surface area contributed by atoms with Gasteiger partial charge in [-0.2, -0.15) is 0 Å². The normalized spacial score (nSPS) is 32.3. The number of nitrogens with one attached hydrogen (secondary N) is 1. The number of fused-ring (bicyclic) bond motifs is 5. The van der Waals surface area contributed by atoms with Crippen LogP contribution in [0.3, 0.4) is 0 Å². The minimum absolute atomic E-state index is 0.0515. The quantitative estimate of drug-likeness (QED) is 0.136. The van der Waals surface area contributed by atoms with E-state index in [0.29, 0.717) is 43.7 Å². The lowest BCUT2D eigenvalue weighted by molar-refractivity contribution is 0.0251. The minimum atomic E-state index is -2.69. The van der Waals surface area contributed by atoms with E-state index in [0.717, 1.165) is 49.4 Å². The lowest BCUT2D eigenvalue weighted by Crippen LogP contribution is -2.47. The Hall–Kier alpha value is -1.15. The van der Waals surface area contributed by atoms with Crippen LogP contribution in [0.2, 0.25) is 6.04 Å². The summed E-state index contributed by atoms with van der Waals surface area (Å²) in [4.78, 5) is 12.8. The molecular weight excluding hydrogens is 566 g/mol. The molecule has 0 aromatic carbocycles. The summed E-state index contributed by atoms with van der Waals surface area (Å²) in [6.07, 6.45) is 17.8. The first kappa shape index (κ1) is 35.7. The number of amides is 1. The maximum Gasteiger partial charge on any atom is 0.500 e. The monoisotopic (exact) mass is 631 g/mol. The predicted molar refractivity (Wildman–Crippen MR) is 181 cm³/mol. The van der Waals surface area contributed by atoms with Crippen LogP contribution in [0.15, 0.2) is 23.3 Å². The number of hydrogen-bond acceptors (Lipinski definition) is 5. The summed E-state index contributed by atoms with van der Waals surface area (Å²) in [7, 11) is -2.69. The second-order valence-electron chi connectivity index (χ2n) is 15.2. The molecule has 4 aliphatic carbocycles. The standard InChI is InChI=1S/C37H65NO5Si/c1-9-40-44(41-10-2,42-11-3)25-13-24-38-35(39)43-30-20-22-36(7)29(26-30)16-17-31-33-19-18-32(28(6)15-12-14-27(4)5)37(33,8)23-21-34(31)36/h16-17,27-28,30,32-34H,9-15,18-26H2,1-8H3,(H,38,39)/t28-,30+,32-,33+,34+,36+,37-/m1/s1. The second kappa shape index (κ2) is 15.6. The van der Waals surface area contributed by atoms with Crippen molar-refractivity contribution >= 4 is 14.9 Å². The van der Waals surface area contributed by atoms with Crippen LogP contribution in [-0.4, -0.2) is 47.4 Å². The molecule has 1 amide bonds. The SMILES string of the molecule is CCO[Si](CCCNC(=O)O[C@H]1CC[C@@]2(C)C(=CC=C3[C@@H]4CC[C@H]([C@H](C)CCCC(C)C)[C@@]4(C)CC[C@@H]32)C1)(OCC)OCC. The summed E-state index contributed by atoms with van der Waals surface area (Å²) in [6, 6.07) is 0.686. The zero-order valence-corrected chi connectivity index (χ0v) is 30.5. The number of hydrogen-bond donors (Lipinski definition) is 1. The van der Waals surface area contributed by atoms with Gasteiger partial charge in [0.15, 0.2) is 0 Å². The first-order chi connectivity index (χ1) is 21.0. The van der Waals surface area contributed by atoms with Crippen LogP contribution in [0.1, 0.15) is 126 Å². The van der Waals surface area contributed by atoms with Crippen molar-refractivity contribution in [3.8, 4) is 0 Å². The molecule has 252 valence electrons. The molecule has 0 radical (unpaired) electrons. The number of carbonyl (C=O) groups is 1. The summed E-state index contributed by atoms with van der Waals surface area (Å²) in [5, 5.41) is 2.98. The topological polar surface area (TPSA) is 66.0 Å². The average Bonchev–Trinajstić information content (AvgIpc) is 3.33. The highest BCUT2D eigenvalue weighted by Gasteiger charge is 2.57. The van der Waals surface area contributed by atoms with Crippen molar-refractivity contribution in [3.05, 3.63) is 23.3 Å². The van der Waals surface area contributed by atoms with E-state index in [-0.39, 0.29) is 17.6 Å². The second-order valence-corrected chi connectivity index (χ2v) is 17.9. The molecule has 4 aliphatic rings. The summed E-state index contributed by atoms with van der Waals surface area (Å²) in [6.45, 7) is 20.5. The molecule has 7 heteroatoms. The third-order valence-corrected chi connectivity index (χ3v) is 15.2. The molecule has 3 saturated carbocycles. The van der Waals surface area contributed by atoms with Crippen LogP contribution >= 0.6 is 0 Å². The molecular formula is C37H65NO5Si. The fourth-order valence-corrected chi connectivity index (χ4v) is 12.4. The van der Waals surface area contributed by atoms with Gasteiger partial charge >= 0.3 is 14.9 Å². The fraction of sp³-hybridized carbons (Fsp3) is 0.865. The Labute approximate surface area is 270 Å². The largest absolute Gasteiger partial charge is 0.500 e. The Morgan fingerprint density at radius 1 is 0.909 bits per heavy atom. The Kier molecular flexibility index (Phi) is 12.7. The van der Waals surface area contributed by atoms with Crippen molar-refractivity contribution in [2.45, 2.75) is 138 Å². The Balaban J connectivity index is 1.31. The van der Waals surface area contributed by atoms with Crippen LogP contribution in [0.5, 0.6) is 0 Å². The summed E-state index contributed by atoms with van der Waals surface area (Å²) >= 11 is 0. The summed E-state index contributed by atoms with van der Waals surface area (Å²) < 4.78 is 23.8. The molecule has 0 heterocycles. The molecule has 4 rings (SSSR count). The maximum absolute atomic E-state index is 12.8. The average molecular weight is 632 g/mol. The molecule has 0 bridgehead atoms. The lowest BCUT2D eigenvalue weighted by atomic mass is 9.50. The Morgan fingerprint density at radius 3 is 2.27 bits per heavy atom. The Morgan fingerprint density at radius 2 is 1.61 bits per heavy atom. The summed E-state index contributed by atoms with van der Waals surface area (Å²) in [5.74, 6) is 3.89. The predicted octanol–water partition coefficient (Wildman–Crippen LogP) is 9.48. The molecule has 0 saturated heterocycles. The van der Waals surface area contributed by atoms with Gasteiger partial charge in [-0.25, -0.2) is 4.79 Å². The molecule has 0 aromatic heterocycles. The van der Waals surface area contributed by atoms with Gasteiger partial charge in [0.1, 0.15) is 6.10 Å².